The minimum absolute atomic E-state index is 0.0653. The van der Waals surface area contributed by atoms with E-state index in [9.17, 15) is 13.2 Å². The number of anilines is 1. The molecule has 0 aromatic carbocycles. The Labute approximate surface area is 104 Å². The van der Waals surface area contributed by atoms with Gasteiger partial charge in [-0.2, -0.15) is 18.2 Å². The largest absolute Gasteiger partial charge is 0.449 e. The molecule has 10 heteroatoms. The first kappa shape index (κ1) is 14.3. The predicted octanol–water partition coefficient (Wildman–Crippen LogP) is -0.954. The highest BCUT2D eigenvalue weighted by molar-refractivity contribution is 7.88. The Morgan fingerprint density at radius 2 is 2.33 bits per heavy atom. The maximum Gasteiger partial charge on any atom is 0.421 e. The number of hydrogen-bond donors (Lipinski definition) is 3. The van der Waals surface area contributed by atoms with Crippen molar-refractivity contribution in [1.82, 2.24) is 19.2 Å². The molecular formula is C8H15N5O4S. The van der Waals surface area contributed by atoms with Crippen molar-refractivity contribution in [3.8, 4) is 0 Å². The van der Waals surface area contributed by atoms with Crippen LogP contribution in [0.2, 0.25) is 0 Å². The van der Waals surface area contributed by atoms with Crippen LogP contribution in [0.4, 0.5) is 10.5 Å². The van der Waals surface area contributed by atoms with Crippen LogP contribution in [-0.4, -0.2) is 37.4 Å². The average molecular weight is 277 g/mol. The number of hydrogen-bond acceptors (Lipinski definition) is 6. The molecule has 0 radical (unpaired) electrons. The summed E-state index contributed by atoms with van der Waals surface area (Å²) in [6.07, 6.45) is 1.99. The summed E-state index contributed by atoms with van der Waals surface area (Å²) >= 11 is 0. The summed E-state index contributed by atoms with van der Waals surface area (Å²) in [5.41, 5.74) is 5.93. The fraction of sp³-hybridized carbons (Fsp3) is 0.500. The Morgan fingerprint density at radius 1 is 1.61 bits per heavy atom. The number of ether oxygens (including phenoxy) is 1. The number of nitrogens with two attached hydrogens (primary N) is 1. The van der Waals surface area contributed by atoms with Crippen molar-refractivity contribution in [3.63, 3.8) is 0 Å². The van der Waals surface area contributed by atoms with Crippen LogP contribution in [0.5, 0.6) is 0 Å². The number of nitrogen functional groups attached to an aromatic ring is 1. The Bertz CT molecular complexity index is 497. The topological polar surface area (TPSA) is 128 Å². The van der Waals surface area contributed by atoms with Crippen molar-refractivity contribution in [2.75, 3.05) is 18.9 Å². The molecule has 0 fully saturated rings. The lowest BCUT2D eigenvalue weighted by Gasteiger charge is -2.07. The molecule has 0 atom stereocenters. The number of amides is 1. The molecule has 0 unspecified atom stereocenters. The van der Waals surface area contributed by atoms with Crippen molar-refractivity contribution in [2.45, 2.75) is 13.5 Å². The van der Waals surface area contributed by atoms with E-state index >= 15 is 0 Å². The lowest BCUT2D eigenvalue weighted by molar-refractivity contribution is 0.158. The lowest BCUT2D eigenvalue weighted by atomic mass is 10.6. The molecule has 102 valence electrons. The minimum atomic E-state index is -3.91. The fourth-order valence-electron chi connectivity index (χ4n) is 1.10. The summed E-state index contributed by atoms with van der Waals surface area (Å²) in [5.74, 6) is 0. The molecule has 1 aromatic rings. The normalized spacial score (nSPS) is 11.2. The van der Waals surface area contributed by atoms with Gasteiger partial charge in [-0.05, 0) is 6.92 Å². The molecule has 0 aliphatic carbocycles. The monoisotopic (exact) mass is 277 g/mol. The van der Waals surface area contributed by atoms with Crippen LogP contribution < -0.4 is 15.2 Å². The molecule has 0 aliphatic heterocycles. The van der Waals surface area contributed by atoms with Gasteiger partial charge in [0.2, 0.25) is 0 Å². The van der Waals surface area contributed by atoms with Crippen LogP contribution >= 0.6 is 0 Å². The third kappa shape index (κ3) is 5.01. The zero-order chi connectivity index (χ0) is 13.6. The number of aromatic nitrogens is 2. The first-order valence-electron chi connectivity index (χ1n) is 5.15. The minimum Gasteiger partial charge on any atom is -0.449 e. The standard InChI is InChI=1S/C8H15N5O4S/c1-2-17-8(14)12-18(15,16)11-3-4-13-6-7(9)5-10-13/h5-6,11H,2-4,9H2,1H3,(H,12,14). The summed E-state index contributed by atoms with van der Waals surface area (Å²) in [5, 5.41) is 3.87. The summed E-state index contributed by atoms with van der Waals surface area (Å²) in [6.45, 7) is 2.02. The summed E-state index contributed by atoms with van der Waals surface area (Å²) in [6, 6.07) is 0. The smallest absolute Gasteiger partial charge is 0.421 e. The highest BCUT2D eigenvalue weighted by Gasteiger charge is 2.13. The maximum atomic E-state index is 11.3. The first-order valence-corrected chi connectivity index (χ1v) is 6.63. The molecule has 1 heterocycles. The van der Waals surface area contributed by atoms with Crippen LogP contribution in [0, 0.1) is 0 Å². The number of nitrogens with one attached hydrogen (secondary N) is 2. The summed E-state index contributed by atoms with van der Waals surface area (Å²) in [4.78, 5) is 10.9. The second-order valence-corrected chi connectivity index (χ2v) is 4.76. The van der Waals surface area contributed by atoms with Gasteiger partial charge in [0.15, 0.2) is 0 Å². The molecule has 0 bridgehead atoms. The zero-order valence-corrected chi connectivity index (χ0v) is 10.6. The second kappa shape index (κ2) is 6.21. The van der Waals surface area contributed by atoms with Crippen molar-refractivity contribution in [2.24, 2.45) is 0 Å². The van der Waals surface area contributed by atoms with Crippen LogP contribution in [0.15, 0.2) is 12.4 Å². The first-order chi connectivity index (χ1) is 8.43. The molecular weight excluding hydrogens is 262 g/mol. The molecule has 1 amide bonds. The number of carbonyl (C=O) groups excluding carboxylic acids is 1. The third-order valence-electron chi connectivity index (χ3n) is 1.78. The molecule has 0 aliphatic rings. The van der Waals surface area contributed by atoms with Gasteiger partial charge in [0.05, 0.1) is 25.0 Å². The van der Waals surface area contributed by atoms with Crippen LogP contribution in [-0.2, 0) is 21.5 Å². The molecule has 4 N–H and O–H groups in total. The van der Waals surface area contributed by atoms with E-state index in [-0.39, 0.29) is 13.2 Å². The SMILES string of the molecule is CCOC(=O)NS(=O)(=O)NCCn1cc(N)cn1. The number of carbonyl (C=O) groups is 1. The van der Waals surface area contributed by atoms with E-state index in [4.69, 9.17) is 5.73 Å². The average Bonchev–Trinajstić information content (AvgIpc) is 2.63. The van der Waals surface area contributed by atoms with Gasteiger partial charge in [0, 0.05) is 12.7 Å². The van der Waals surface area contributed by atoms with Gasteiger partial charge in [-0.15, -0.1) is 0 Å². The van der Waals surface area contributed by atoms with E-state index in [1.54, 1.807) is 17.8 Å². The number of rotatable bonds is 6. The third-order valence-corrected chi connectivity index (χ3v) is 2.80. The second-order valence-electron chi connectivity index (χ2n) is 3.26. The Balaban J connectivity index is 2.35. The Hall–Kier alpha value is -1.81. The van der Waals surface area contributed by atoms with E-state index in [1.807, 2.05) is 0 Å². The van der Waals surface area contributed by atoms with Crippen LogP contribution in [0.1, 0.15) is 6.92 Å². The van der Waals surface area contributed by atoms with Gasteiger partial charge in [0.1, 0.15) is 0 Å². The van der Waals surface area contributed by atoms with Gasteiger partial charge in [-0.25, -0.2) is 9.52 Å². The van der Waals surface area contributed by atoms with Crippen molar-refractivity contribution in [3.05, 3.63) is 12.4 Å². The maximum absolute atomic E-state index is 11.3. The molecule has 1 aromatic heterocycles. The highest BCUT2D eigenvalue weighted by atomic mass is 32.2. The van der Waals surface area contributed by atoms with Gasteiger partial charge in [0.25, 0.3) is 0 Å². The van der Waals surface area contributed by atoms with E-state index < -0.39 is 16.3 Å². The van der Waals surface area contributed by atoms with Crippen molar-refractivity contribution in [1.29, 1.82) is 0 Å². The molecule has 0 saturated carbocycles. The van der Waals surface area contributed by atoms with Gasteiger partial charge in [-0.1, -0.05) is 0 Å². The lowest BCUT2D eigenvalue weighted by Crippen LogP contribution is -2.41. The molecule has 0 spiro atoms. The zero-order valence-electron chi connectivity index (χ0n) is 9.79. The van der Waals surface area contributed by atoms with Crippen LogP contribution in [0.3, 0.4) is 0 Å². The Kier molecular flexibility index (Phi) is 4.92. The summed E-state index contributed by atoms with van der Waals surface area (Å²) in [7, 11) is -3.91. The van der Waals surface area contributed by atoms with E-state index in [2.05, 4.69) is 14.6 Å². The molecule has 0 saturated heterocycles. The quantitative estimate of drug-likeness (QED) is 0.614. The predicted molar refractivity (Wildman–Crippen MR) is 63.7 cm³/mol. The number of nitrogens with zero attached hydrogens (tertiary/aromatic N) is 2. The summed E-state index contributed by atoms with van der Waals surface area (Å²) < 4.78 is 32.4. The van der Waals surface area contributed by atoms with Crippen molar-refractivity contribution < 1.29 is 17.9 Å². The van der Waals surface area contributed by atoms with E-state index in [1.165, 1.54) is 10.9 Å². The van der Waals surface area contributed by atoms with Gasteiger partial charge in [-0.3, -0.25) is 4.68 Å². The van der Waals surface area contributed by atoms with Crippen LogP contribution in [0.25, 0.3) is 0 Å². The van der Waals surface area contributed by atoms with E-state index in [0.29, 0.717) is 12.2 Å². The fourth-order valence-corrected chi connectivity index (χ4v) is 1.81. The molecule has 9 nitrogen and oxygen atoms in total. The Morgan fingerprint density at radius 3 is 2.89 bits per heavy atom. The van der Waals surface area contributed by atoms with Gasteiger partial charge < -0.3 is 10.5 Å². The van der Waals surface area contributed by atoms with Gasteiger partial charge >= 0.3 is 16.3 Å². The van der Waals surface area contributed by atoms with Crippen molar-refractivity contribution >= 4 is 22.0 Å². The van der Waals surface area contributed by atoms with E-state index in [0.717, 1.165) is 0 Å². The highest BCUT2D eigenvalue weighted by Crippen LogP contribution is 1.96. The molecule has 18 heavy (non-hydrogen) atoms. The molecule has 1 rings (SSSR count).